The van der Waals surface area contributed by atoms with Crippen molar-refractivity contribution in [1.29, 1.82) is 0 Å². The van der Waals surface area contributed by atoms with Crippen molar-refractivity contribution in [2.45, 2.75) is 0 Å². The first-order valence-electron chi connectivity index (χ1n) is 10.8. The molecule has 0 atom stereocenters. The SMILES string of the molecule is COC(=O)c1ccc(C=NNC(=O)C(=Cc2cc(OC)ccc2OC)NC(=O)c2ccccc2)cc1. The minimum Gasteiger partial charge on any atom is -0.497 e. The third kappa shape index (κ3) is 6.80. The van der Waals surface area contributed by atoms with E-state index < -0.39 is 17.8 Å². The molecule has 0 saturated heterocycles. The van der Waals surface area contributed by atoms with Gasteiger partial charge in [0.15, 0.2) is 0 Å². The van der Waals surface area contributed by atoms with Gasteiger partial charge in [-0.15, -0.1) is 0 Å². The number of nitrogens with one attached hydrogen (secondary N) is 2. The van der Waals surface area contributed by atoms with Gasteiger partial charge < -0.3 is 19.5 Å². The second kappa shape index (κ2) is 12.5. The fourth-order valence-corrected chi connectivity index (χ4v) is 3.10. The van der Waals surface area contributed by atoms with Crippen LogP contribution in [-0.4, -0.2) is 45.3 Å². The van der Waals surface area contributed by atoms with Crippen LogP contribution in [0.3, 0.4) is 0 Å². The van der Waals surface area contributed by atoms with E-state index in [0.29, 0.717) is 33.8 Å². The summed E-state index contributed by atoms with van der Waals surface area (Å²) in [6.45, 7) is 0. The van der Waals surface area contributed by atoms with Gasteiger partial charge in [-0.05, 0) is 54.1 Å². The molecule has 3 aromatic carbocycles. The van der Waals surface area contributed by atoms with Gasteiger partial charge in [0, 0.05) is 11.1 Å². The first-order valence-corrected chi connectivity index (χ1v) is 10.8. The molecule has 0 unspecified atom stereocenters. The zero-order chi connectivity index (χ0) is 25.9. The Hall–Kier alpha value is -4.92. The molecule has 9 nitrogen and oxygen atoms in total. The van der Waals surface area contributed by atoms with Crippen LogP contribution in [0.5, 0.6) is 11.5 Å². The number of carbonyl (C=O) groups excluding carboxylic acids is 3. The Labute approximate surface area is 208 Å². The number of carbonyl (C=O) groups is 3. The smallest absolute Gasteiger partial charge is 0.337 e. The number of benzene rings is 3. The molecule has 3 rings (SSSR count). The Morgan fingerprint density at radius 2 is 1.56 bits per heavy atom. The van der Waals surface area contributed by atoms with E-state index in [2.05, 4.69) is 20.6 Å². The van der Waals surface area contributed by atoms with E-state index in [0.717, 1.165) is 0 Å². The van der Waals surface area contributed by atoms with E-state index in [9.17, 15) is 14.4 Å². The van der Waals surface area contributed by atoms with E-state index in [1.165, 1.54) is 33.6 Å². The predicted octanol–water partition coefficient (Wildman–Crippen LogP) is 3.41. The topological polar surface area (TPSA) is 115 Å². The van der Waals surface area contributed by atoms with Crippen LogP contribution in [0.2, 0.25) is 0 Å². The molecule has 0 aliphatic heterocycles. The summed E-state index contributed by atoms with van der Waals surface area (Å²) in [6.07, 6.45) is 2.87. The largest absolute Gasteiger partial charge is 0.497 e. The fraction of sp³-hybridized carbons (Fsp3) is 0.111. The van der Waals surface area contributed by atoms with Crippen molar-refractivity contribution in [3.63, 3.8) is 0 Å². The van der Waals surface area contributed by atoms with Crippen LogP contribution in [-0.2, 0) is 9.53 Å². The van der Waals surface area contributed by atoms with Gasteiger partial charge in [0.25, 0.3) is 11.8 Å². The van der Waals surface area contributed by atoms with E-state index in [1.54, 1.807) is 72.8 Å². The Bertz CT molecular complexity index is 1280. The lowest BCUT2D eigenvalue weighted by Crippen LogP contribution is -2.32. The highest BCUT2D eigenvalue weighted by Crippen LogP contribution is 2.26. The van der Waals surface area contributed by atoms with Crippen LogP contribution in [0.25, 0.3) is 6.08 Å². The second-order valence-electron chi connectivity index (χ2n) is 7.30. The van der Waals surface area contributed by atoms with Crippen molar-refractivity contribution in [3.8, 4) is 11.5 Å². The van der Waals surface area contributed by atoms with Crippen molar-refractivity contribution in [2.75, 3.05) is 21.3 Å². The van der Waals surface area contributed by atoms with Crippen LogP contribution in [0, 0.1) is 0 Å². The maximum atomic E-state index is 13.0. The molecule has 2 N–H and O–H groups in total. The van der Waals surface area contributed by atoms with Crippen LogP contribution in [0.15, 0.2) is 83.6 Å². The molecule has 0 bridgehead atoms. The number of amides is 2. The normalized spacial score (nSPS) is 11.0. The van der Waals surface area contributed by atoms with E-state index in [-0.39, 0.29) is 5.70 Å². The van der Waals surface area contributed by atoms with Gasteiger partial charge in [-0.1, -0.05) is 30.3 Å². The van der Waals surface area contributed by atoms with Crippen molar-refractivity contribution in [3.05, 3.63) is 101 Å². The molecule has 0 heterocycles. The number of ether oxygens (including phenoxy) is 3. The Kier molecular flexibility index (Phi) is 8.94. The lowest BCUT2D eigenvalue weighted by Gasteiger charge is -2.12. The molecule has 184 valence electrons. The second-order valence-corrected chi connectivity index (χ2v) is 7.30. The average molecular weight is 488 g/mol. The Morgan fingerprint density at radius 3 is 2.19 bits per heavy atom. The highest BCUT2D eigenvalue weighted by Gasteiger charge is 2.16. The van der Waals surface area contributed by atoms with Gasteiger partial charge in [0.05, 0.1) is 33.1 Å². The minimum absolute atomic E-state index is 0.0615. The molecule has 0 radical (unpaired) electrons. The molecule has 36 heavy (non-hydrogen) atoms. The van der Waals surface area contributed by atoms with Crippen molar-refractivity contribution in [2.24, 2.45) is 5.10 Å². The molecular formula is C27H25N3O6. The number of hydrogen-bond acceptors (Lipinski definition) is 7. The standard InChI is InChI=1S/C27H25N3O6/c1-34-22-13-14-24(35-2)21(15-22)16-23(29-25(31)19-7-5-4-6-8-19)26(32)30-28-17-18-9-11-20(12-10-18)27(33)36-3/h4-17H,1-3H3,(H,29,31)(H,30,32). The summed E-state index contributed by atoms with van der Waals surface area (Å²) in [4.78, 5) is 37.3. The zero-order valence-electron chi connectivity index (χ0n) is 20.0. The van der Waals surface area contributed by atoms with Gasteiger partial charge in [-0.3, -0.25) is 9.59 Å². The highest BCUT2D eigenvalue weighted by molar-refractivity contribution is 6.05. The first kappa shape index (κ1) is 25.7. The molecule has 0 spiro atoms. The Morgan fingerprint density at radius 1 is 0.833 bits per heavy atom. The number of hydrogen-bond donors (Lipinski definition) is 2. The fourth-order valence-electron chi connectivity index (χ4n) is 3.10. The summed E-state index contributed by atoms with van der Waals surface area (Å²) in [5, 5.41) is 6.60. The molecule has 0 fully saturated rings. The van der Waals surface area contributed by atoms with Gasteiger partial charge in [-0.2, -0.15) is 5.10 Å². The summed E-state index contributed by atoms with van der Waals surface area (Å²) in [5.41, 5.74) is 4.26. The maximum absolute atomic E-state index is 13.0. The number of methoxy groups -OCH3 is 3. The quantitative estimate of drug-likeness (QED) is 0.207. The van der Waals surface area contributed by atoms with E-state index >= 15 is 0 Å². The first-order chi connectivity index (χ1) is 17.4. The summed E-state index contributed by atoms with van der Waals surface area (Å²) >= 11 is 0. The molecule has 3 aromatic rings. The monoisotopic (exact) mass is 487 g/mol. The molecule has 0 aliphatic rings. The summed E-state index contributed by atoms with van der Waals surface area (Å²) < 4.78 is 15.3. The van der Waals surface area contributed by atoms with Gasteiger partial charge in [0.2, 0.25) is 0 Å². The summed E-state index contributed by atoms with van der Waals surface area (Å²) in [6, 6.07) is 20.0. The van der Waals surface area contributed by atoms with Crippen LogP contribution in [0.4, 0.5) is 0 Å². The zero-order valence-corrected chi connectivity index (χ0v) is 20.0. The number of rotatable bonds is 9. The lowest BCUT2D eigenvalue weighted by molar-refractivity contribution is -0.117. The van der Waals surface area contributed by atoms with E-state index in [4.69, 9.17) is 9.47 Å². The molecule has 0 aromatic heterocycles. The maximum Gasteiger partial charge on any atom is 0.337 e. The third-order valence-electron chi connectivity index (χ3n) is 4.98. The molecule has 9 heteroatoms. The van der Waals surface area contributed by atoms with Gasteiger partial charge in [0.1, 0.15) is 17.2 Å². The average Bonchev–Trinajstić information content (AvgIpc) is 2.92. The predicted molar refractivity (Wildman–Crippen MR) is 135 cm³/mol. The summed E-state index contributed by atoms with van der Waals surface area (Å²) in [5.74, 6) is -0.564. The molecule has 0 saturated carbocycles. The van der Waals surface area contributed by atoms with Crippen molar-refractivity contribution in [1.82, 2.24) is 10.7 Å². The van der Waals surface area contributed by atoms with Gasteiger partial charge in [-0.25, -0.2) is 10.2 Å². The molecule has 0 aliphatic carbocycles. The van der Waals surface area contributed by atoms with Crippen LogP contribution >= 0.6 is 0 Å². The van der Waals surface area contributed by atoms with Crippen LogP contribution < -0.4 is 20.2 Å². The summed E-state index contributed by atoms with van der Waals surface area (Å²) in [7, 11) is 4.32. The molecule has 2 amide bonds. The highest BCUT2D eigenvalue weighted by atomic mass is 16.5. The minimum atomic E-state index is -0.661. The Balaban J connectivity index is 1.85. The third-order valence-corrected chi connectivity index (χ3v) is 4.98. The van der Waals surface area contributed by atoms with Crippen molar-refractivity contribution >= 4 is 30.1 Å². The van der Waals surface area contributed by atoms with Gasteiger partial charge >= 0.3 is 5.97 Å². The number of hydrazone groups is 1. The van der Waals surface area contributed by atoms with E-state index in [1.807, 2.05) is 0 Å². The lowest BCUT2D eigenvalue weighted by atomic mass is 10.1. The number of esters is 1. The van der Waals surface area contributed by atoms with Crippen LogP contribution in [0.1, 0.15) is 31.8 Å². The van der Waals surface area contributed by atoms with Crippen molar-refractivity contribution < 1.29 is 28.6 Å². The number of nitrogens with zero attached hydrogens (tertiary/aromatic N) is 1. The molecular weight excluding hydrogens is 462 g/mol.